The van der Waals surface area contributed by atoms with Crippen LogP contribution in [0.3, 0.4) is 0 Å². The summed E-state index contributed by atoms with van der Waals surface area (Å²) >= 11 is 0. The van der Waals surface area contributed by atoms with E-state index >= 15 is 0 Å². The Hall–Kier alpha value is -2.47. The molecule has 0 bridgehead atoms. The van der Waals surface area contributed by atoms with Crippen molar-refractivity contribution in [3.63, 3.8) is 0 Å². The maximum absolute atomic E-state index is 11.5. The maximum atomic E-state index is 11.5. The third kappa shape index (κ3) is 2.86. The monoisotopic (exact) mass is 261 g/mol. The number of furan rings is 1. The second kappa shape index (κ2) is 5.45. The van der Waals surface area contributed by atoms with Gasteiger partial charge in [-0.25, -0.2) is 5.84 Å². The lowest BCUT2D eigenvalue weighted by atomic mass is 10.2. The molecule has 0 unspecified atom stereocenters. The van der Waals surface area contributed by atoms with Gasteiger partial charge in [0, 0.05) is 18.8 Å². The highest BCUT2D eigenvalue weighted by molar-refractivity contribution is 5.94. The lowest BCUT2D eigenvalue weighted by Crippen LogP contribution is -2.31. The molecule has 4 N–H and O–H groups in total. The van der Waals surface area contributed by atoms with Gasteiger partial charge >= 0.3 is 0 Å². The first-order valence-corrected chi connectivity index (χ1v) is 5.69. The summed E-state index contributed by atoms with van der Waals surface area (Å²) in [6.07, 6.45) is 1.44. The molecule has 6 nitrogen and oxygen atoms in total. The van der Waals surface area contributed by atoms with Crippen molar-refractivity contribution in [3.05, 3.63) is 47.9 Å². The first kappa shape index (κ1) is 13.0. The molecule has 2 rings (SSSR count). The van der Waals surface area contributed by atoms with E-state index in [1.807, 2.05) is 18.0 Å². The highest BCUT2D eigenvalue weighted by atomic mass is 16.3. The second-order valence-corrected chi connectivity index (χ2v) is 4.11. The molecule has 1 heterocycles. The van der Waals surface area contributed by atoms with Gasteiger partial charge in [0.1, 0.15) is 11.5 Å². The van der Waals surface area contributed by atoms with Gasteiger partial charge in [0.25, 0.3) is 5.91 Å². The number of hydrazine groups is 1. The van der Waals surface area contributed by atoms with Crippen molar-refractivity contribution in [3.8, 4) is 5.75 Å². The quantitative estimate of drug-likeness (QED) is 0.437. The molecule has 1 aromatic heterocycles. The van der Waals surface area contributed by atoms with E-state index in [1.54, 1.807) is 24.3 Å². The molecule has 100 valence electrons. The predicted molar refractivity (Wildman–Crippen MR) is 70.6 cm³/mol. The number of aromatic hydroxyl groups is 1. The van der Waals surface area contributed by atoms with Gasteiger partial charge in [0.15, 0.2) is 0 Å². The summed E-state index contributed by atoms with van der Waals surface area (Å²) in [6.45, 7) is 0.388. The molecule has 0 atom stereocenters. The normalized spacial score (nSPS) is 10.2. The molecule has 0 spiro atoms. The third-order valence-corrected chi connectivity index (χ3v) is 2.77. The molecule has 19 heavy (non-hydrogen) atoms. The SMILES string of the molecule is CN(Cc1occc1C(=O)NN)c1cccc(O)c1. The summed E-state index contributed by atoms with van der Waals surface area (Å²) in [5, 5.41) is 9.44. The van der Waals surface area contributed by atoms with Crippen LogP contribution in [0, 0.1) is 0 Å². The van der Waals surface area contributed by atoms with Crippen molar-refractivity contribution in [2.24, 2.45) is 5.84 Å². The van der Waals surface area contributed by atoms with Gasteiger partial charge in [0.05, 0.1) is 18.4 Å². The van der Waals surface area contributed by atoms with E-state index < -0.39 is 5.91 Å². The van der Waals surface area contributed by atoms with Crippen molar-refractivity contribution in [2.75, 3.05) is 11.9 Å². The molecule has 0 aliphatic heterocycles. The standard InChI is InChI=1S/C13H15N3O3/c1-16(9-3-2-4-10(17)7-9)8-12-11(5-6-19-12)13(18)15-14/h2-7,17H,8,14H2,1H3,(H,15,18). The predicted octanol–water partition coefficient (Wildman–Crippen LogP) is 1.23. The molecule has 0 aliphatic carbocycles. The average molecular weight is 261 g/mol. The Bertz CT molecular complexity index is 580. The highest BCUT2D eigenvalue weighted by Crippen LogP contribution is 2.21. The van der Waals surface area contributed by atoms with E-state index in [2.05, 4.69) is 5.43 Å². The van der Waals surface area contributed by atoms with Crippen LogP contribution in [0.1, 0.15) is 16.1 Å². The molecule has 6 heteroatoms. The van der Waals surface area contributed by atoms with E-state index in [4.69, 9.17) is 10.3 Å². The Morgan fingerprint density at radius 1 is 1.47 bits per heavy atom. The summed E-state index contributed by atoms with van der Waals surface area (Å²) in [5.74, 6) is 5.40. The van der Waals surface area contributed by atoms with Gasteiger partial charge in [-0.3, -0.25) is 10.2 Å². The second-order valence-electron chi connectivity index (χ2n) is 4.11. The number of rotatable bonds is 4. The Balaban J connectivity index is 2.17. The number of anilines is 1. The minimum atomic E-state index is -0.395. The van der Waals surface area contributed by atoms with E-state index in [1.165, 1.54) is 6.26 Å². The van der Waals surface area contributed by atoms with Gasteiger partial charge in [-0.05, 0) is 18.2 Å². The van der Waals surface area contributed by atoms with E-state index in [-0.39, 0.29) is 5.75 Å². The number of phenols is 1. The van der Waals surface area contributed by atoms with Crippen LogP contribution in [0.2, 0.25) is 0 Å². The minimum absolute atomic E-state index is 0.184. The number of carbonyl (C=O) groups is 1. The van der Waals surface area contributed by atoms with Crippen LogP contribution >= 0.6 is 0 Å². The zero-order chi connectivity index (χ0) is 13.8. The minimum Gasteiger partial charge on any atom is -0.508 e. The molecule has 1 amide bonds. The summed E-state index contributed by atoms with van der Waals surface area (Å²) in [5.41, 5.74) is 3.29. The number of nitrogens with one attached hydrogen (secondary N) is 1. The molecular formula is C13H15N3O3. The number of nitrogens with two attached hydrogens (primary N) is 1. The topological polar surface area (TPSA) is 91.7 Å². The molecule has 0 aliphatic rings. The number of carbonyl (C=O) groups excluding carboxylic acids is 1. The van der Waals surface area contributed by atoms with Crippen LogP contribution in [0.4, 0.5) is 5.69 Å². The molecular weight excluding hydrogens is 246 g/mol. The number of nitrogen functional groups attached to an aromatic ring is 1. The van der Waals surface area contributed by atoms with Crippen LogP contribution in [-0.4, -0.2) is 18.1 Å². The summed E-state index contributed by atoms with van der Waals surface area (Å²) in [6, 6.07) is 8.39. The third-order valence-electron chi connectivity index (χ3n) is 2.77. The van der Waals surface area contributed by atoms with Crippen molar-refractivity contribution in [2.45, 2.75) is 6.54 Å². The zero-order valence-corrected chi connectivity index (χ0v) is 10.5. The fraction of sp³-hybridized carbons (Fsp3) is 0.154. The van der Waals surface area contributed by atoms with Crippen molar-refractivity contribution in [1.82, 2.24) is 5.43 Å². The first-order chi connectivity index (χ1) is 9.11. The van der Waals surface area contributed by atoms with Gasteiger partial charge in [-0.2, -0.15) is 0 Å². The lowest BCUT2D eigenvalue weighted by Gasteiger charge is -2.18. The van der Waals surface area contributed by atoms with Crippen molar-refractivity contribution >= 4 is 11.6 Å². The van der Waals surface area contributed by atoms with E-state index in [0.717, 1.165) is 5.69 Å². The van der Waals surface area contributed by atoms with Crippen molar-refractivity contribution < 1.29 is 14.3 Å². The fourth-order valence-corrected chi connectivity index (χ4v) is 1.78. The summed E-state index contributed by atoms with van der Waals surface area (Å²) in [7, 11) is 1.83. The van der Waals surface area contributed by atoms with E-state index in [0.29, 0.717) is 17.9 Å². The Labute approximate surface area is 110 Å². The van der Waals surface area contributed by atoms with Crippen LogP contribution in [0.15, 0.2) is 41.0 Å². The number of hydrogen-bond donors (Lipinski definition) is 3. The lowest BCUT2D eigenvalue weighted by molar-refractivity contribution is 0.0951. The van der Waals surface area contributed by atoms with Crippen LogP contribution in [0.25, 0.3) is 0 Å². The van der Waals surface area contributed by atoms with Gasteiger partial charge < -0.3 is 14.4 Å². The summed E-state index contributed by atoms with van der Waals surface area (Å²) in [4.78, 5) is 13.4. The largest absolute Gasteiger partial charge is 0.508 e. The number of nitrogens with zero attached hydrogens (tertiary/aromatic N) is 1. The molecule has 0 radical (unpaired) electrons. The molecule has 0 fully saturated rings. The number of benzene rings is 1. The fourth-order valence-electron chi connectivity index (χ4n) is 1.78. The zero-order valence-electron chi connectivity index (χ0n) is 10.5. The van der Waals surface area contributed by atoms with E-state index in [9.17, 15) is 9.90 Å². The molecule has 2 aromatic rings. The first-order valence-electron chi connectivity index (χ1n) is 5.69. The smallest absolute Gasteiger partial charge is 0.268 e. The molecule has 0 saturated heterocycles. The van der Waals surface area contributed by atoms with Gasteiger partial charge in [-0.15, -0.1) is 0 Å². The number of amides is 1. The highest BCUT2D eigenvalue weighted by Gasteiger charge is 2.15. The van der Waals surface area contributed by atoms with Crippen molar-refractivity contribution in [1.29, 1.82) is 0 Å². The number of phenolic OH excluding ortho intramolecular Hbond substituents is 1. The Morgan fingerprint density at radius 2 is 2.26 bits per heavy atom. The van der Waals surface area contributed by atoms with Crippen LogP contribution < -0.4 is 16.2 Å². The average Bonchev–Trinajstić information content (AvgIpc) is 2.86. The molecule has 1 aromatic carbocycles. The Morgan fingerprint density at radius 3 is 2.95 bits per heavy atom. The Kier molecular flexibility index (Phi) is 3.72. The maximum Gasteiger partial charge on any atom is 0.268 e. The van der Waals surface area contributed by atoms with Crippen LogP contribution in [0.5, 0.6) is 5.75 Å². The van der Waals surface area contributed by atoms with Gasteiger partial charge in [0.2, 0.25) is 0 Å². The molecule has 0 saturated carbocycles. The number of hydrogen-bond acceptors (Lipinski definition) is 5. The van der Waals surface area contributed by atoms with Crippen LogP contribution in [-0.2, 0) is 6.54 Å². The van der Waals surface area contributed by atoms with Gasteiger partial charge in [-0.1, -0.05) is 6.07 Å². The summed E-state index contributed by atoms with van der Waals surface area (Å²) < 4.78 is 5.29.